The molecule has 4 rings (SSSR count). The number of hydrogen-bond acceptors (Lipinski definition) is 5. The van der Waals surface area contributed by atoms with Gasteiger partial charge in [-0.15, -0.1) is 0 Å². The van der Waals surface area contributed by atoms with E-state index in [2.05, 4.69) is 26.1 Å². The standard InChI is InChI=1S/C23H33N3O4/c1-22(2,3)17-7-9-23(10-8-17)20(27)26(21(28)24-23)15-25(4)14-16-5-6-18-19(13-16)30-12-11-29-18/h5-6,13,17H,7-12,14-15H2,1-4H3,(H,24,28). The molecule has 1 aromatic rings. The van der Waals surface area contributed by atoms with E-state index < -0.39 is 5.54 Å². The Morgan fingerprint density at radius 2 is 1.80 bits per heavy atom. The predicted octanol–water partition coefficient (Wildman–Crippen LogP) is 3.37. The molecule has 1 saturated carbocycles. The van der Waals surface area contributed by atoms with E-state index in [0.29, 0.717) is 25.7 Å². The van der Waals surface area contributed by atoms with E-state index in [4.69, 9.17) is 9.47 Å². The van der Waals surface area contributed by atoms with Crippen molar-refractivity contribution in [1.29, 1.82) is 0 Å². The zero-order chi connectivity index (χ0) is 21.5. The highest BCUT2D eigenvalue weighted by atomic mass is 16.6. The number of amides is 3. The lowest BCUT2D eigenvalue weighted by molar-refractivity contribution is -0.134. The van der Waals surface area contributed by atoms with E-state index in [9.17, 15) is 9.59 Å². The lowest BCUT2D eigenvalue weighted by Crippen LogP contribution is -2.51. The Morgan fingerprint density at radius 3 is 2.47 bits per heavy atom. The summed E-state index contributed by atoms with van der Waals surface area (Å²) >= 11 is 0. The van der Waals surface area contributed by atoms with Crippen molar-refractivity contribution >= 4 is 11.9 Å². The third-order valence-electron chi connectivity index (χ3n) is 6.75. The molecule has 164 valence electrons. The monoisotopic (exact) mass is 415 g/mol. The van der Waals surface area contributed by atoms with E-state index in [1.807, 2.05) is 30.1 Å². The van der Waals surface area contributed by atoms with Crippen LogP contribution in [0.3, 0.4) is 0 Å². The first-order valence-electron chi connectivity index (χ1n) is 10.9. The molecular formula is C23H33N3O4. The molecule has 0 unspecified atom stereocenters. The minimum Gasteiger partial charge on any atom is -0.486 e. The van der Waals surface area contributed by atoms with Gasteiger partial charge in [0.1, 0.15) is 18.8 Å². The Bertz CT molecular complexity index is 824. The highest BCUT2D eigenvalue weighted by Crippen LogP contribution is 2.43. The number of imide groups is 1. The molecule has 0 bridgehead atoms. The van der Waals surface area contributed by atoms with Crippen LogP contribution < -0.4 is 14.8 Å². The van der Waals surface area contributed by atoms with Gasteiger partial charge < -0.3 is 14.8 Å². The van der Waals surface area contributed by atoms with Gasteiger partial charge in [0.2, 0.25) is 0 Å². The molecular weight excluding hydrogens is 382 g/mol. The normalized spacial score (nSPS) is 26.4. The zero-order valence-electron chi connectivity index (χ0n) is 18.5. The number of urea groups is 1. The molecule has 2 fully saturated rings. The van der Waals surface area contributed by atoms with Gasteiger partial charge in [-0.3, -0.25) is 9.69 Å². The fraction of sp³-hybridized carbons (Fsp3) is 0.652. The third kappa shape index (κ3) is 4.00. The van der Waals surface area contributed by atoms with Crippen molar-refractivity contribution in [2.24, 2.45) is 11.3 Å². The fourth-order valence-electron chi connectivity index (χ4n) is 4.91. The molecule has 1 aromatic carbocycles. The second kappa shape index (κ2) is 7.76. The molecule has 1 saturated heterocycles. The molecule has 3 aliphatic rings. The molecule has 0 radical (unpaired) electrons. The van der Waals surface area contributed by atoms with Crippen molar-refractivity contribution in [1.82, 2.24) is 15.1 Å². The van der Waals surface area contributed by atoms with Crippen molar-refractivity contribution in [3.63, 3.8) is 0 Å². The van der Waals surface area contributed by atoms with Crippen LogP contribution in [0.2, 0.25) is 0 Å². The smallest absolute Gasteiger partial charge is 0.326 e. The molecule has 1 aliphatic carbocycles. The second-order valence-electron chi connectivity index (χ2n) is 10.0. The fourth-order valence-corrected chi connectivity index (χ4v) is 4.91. The van der Waals surface area contributed by atoms with Crippen molar-refractivity contribution in [3.05, 3.63) is 23.8 Å². The first-order chi connectivity index (χ1) is 14.2. The Hall–Kier alpha value is -2.28. The summed E-state index contributed by atoms with van der Waals surface area (Å²) in [5.41, 5.74) is 0.571. The molecule has 7 nitrogen and oxygen atoms in total. The Morgan fingerprint density at radius 1 is 1.13 bits per heavy atom. The quantitative estimate of drug-likeness (QED) is 0.764. The number of rotatable bonds is 4. The van der Waals surface area contributed by atoms with Crippen LogP contribution in [0.1, 0.15) is 52.0 Å². The summed E-state index contributed by atoms with van der Waals surface area (Å²) in [6.45, 7) is 8.75. The van der Waals surface area contributed by atoms with Crippen LogP contribution in [0.4, 0.5) is 4.79 Å². The largest absolute Gasteiger partial charge is 0.486 e. The van der Waals surface area contributed by atoms with Gasteiger partial charge in [-0.2, -0.15) is 0 Å². The average molecular weight is 416 g/mol. The van der Waals surface area contributed by atoms with E-state index in [1.54, 1.807) is 0 Å². The molecule has 3 amide bonds. The lowest BCUT2D eigenvalue weighted by Gasteiger charge is -2.40. The van der Waals surface area contributed by atoms with Gasteiger partial charge in [0, 0.05) is 6.54 Å². The second-order valence-corrected chi connectivity index (χ2v) is 10.0. The van der Waals surface area contributed by atoms with Crippen molar-refractivity contribution in [3.8, 4) is 11.5 Å². The summed E-state index contributed by atoms with van der Waals surface area (Å²) in [5, 5.41) is 3.03. The third-order valence-corrected chi connectivity index (χ3v) is 6.75. The molecule has 30 heavy (non-hydrogen) atoms. The van der Waals surface area contributed by atoms with Gasteiger partial charge >= 0.3 is 6.03 Å². The van der Waals surface area contributed by atoms with E-state index in [1.165, 1.54) is 4.90 Å². The summed E-state index contributed by atoms with van der Waals surface area (Å²) < 4.78 is 11.2. The number of carbonyl (C=O) groups is 2. The van der Waals surface area contributed by atoms with Crippen LogP contribution in [0.5, 0.6) is 11.5 Å². The van der Waals surface area contributed by atoms with Crippen LogP contribution in [0.25, 0.3) is 0 Å². The number of nitrogens with zero attached hydrogens (tertiary/aromatic N) is 2. The SMILES string of the molecule is CN(Cc1ccc2c(c1)OCCO2)CN1C(=O)NC2(CCC(C(C)(C)C)CC2)C1=O. The average Bonchev–Trinajstić information content (AvgIpc) is 2.91. The molecule has 0 aromatic heterocycles. The summed E-state index contributed by atoms with van der Waals surface area (Å²) in [5.74, 6) is 2.01. The molecule has 2 aliphatic heterocycles. The number of carbonyl (C=O) groups excluding carboxylic acids is 2. The van der Waals surface area contributed by atoms with Gasteiger partial charge in [0.15, 0.2) is 11.5 Å². The minimum absolute atomic E-state index is 0.0751. The van der Waals surface area contributed by atoms with Gasteiger partial charge in [-0.1, -0.05) is 26.8 Å². The summed E-state index contributed by atoms with van der Waals surface area (Å²) in [6, 6.07) is 5.59. The van der Waals surface area contributed by atoms with Crippen LogP contribution in [0, 0.1) is 11.3 Å². The van der Waals surface area contributed by atoms with E-state index >= 15 is 0 Å². The van der Waals surface area contributed by atoms with Gasteiger partial charge in [0.25, 0.3) is 5.91 Å². The molecule has 0 atom stereocenters. The molecule has 1 N–H and O–H groups in total. The highest BCUT2D eigenvalue weighted by Gasteiger charge is 2.53. The Balaban J connectivity index is 1.38. The maximum atomic E-state index is 13.2. The number of fused-ring (bicyclic) bond motifs is 1. The first-order valence-corrected chi connectivity index (χ1v) is 10.9. The minimum atomic E-state index is -0.712. The maximum absolute atomic E-state index is 13.2. The van der Waals surface area contributed by atoms with Crippen LogP contribution in [-0.4, -0.2) is 54.2 Å². The van der Waals surface area contributed by atoms with E-state index in [0.717, 1.165) is 42.7 Å². The van der Waals surface area contributed by atoms with Crippen molar-refractivity contribution in [2.45, 2.75) is 58.5 Å². The van der Waals surface area contributed by atoms with Gasteiger partial charge in [0.05, 0.1) is 6.67 Å². The van der Waals surface area contributed by atoms with Crippen molar-refractivity contribution < 1.29 is 19.1 Å². The van der Waals surface area contributed by atoms with Crippen LogP contribution in [0.15, 0.2) is 18.2 Å². The van der Waals surface area contributed by atoms with Gasteiger partial charge in [-0.25, -0.2) is 9.69 Å². The Labute approximate surface area is 178 Å². The summed E-state index contributed by atoms with van der Waals surface area (Å²) in [7, 11) is 1.92. The van der Waals surface area contributed by atoms with E-state index in [-0.39, 0.29) is 24.0 Å². The Kier molecular flexibility index (Phi) is 5.43. The number of nitrogens with one attached hydrogen (secondary N) is 1. The topological polar surface area (TPSA) is 71.1 Å². The van der Waals surface area contributed by atoms with Crippen LogP contribution >= 0.6 is 0 Å². The molecule has 1 spiro atoms. The number of ether oxygens (including phenoxy) is 2. The van der Waals surface area contributed by atoms with Crippen molar-refractivity contribution in [2.75, 3.05) is 26.9 Å². The highest BCUT2D eigenvalue weighted by molar-refractivity contribution is 6.07. The maximum Gasteiger partial charge on any atom is 0.326 e. The van der Waals surface area contributed by atoms with Gasteiger partial charge in [-0.05, 0) is 61.8 Å². The predicted molar refractivity (Wildman–Crippen MR) is 113 cm³/mol. The zero-order valence-corrected chi connectivity index (χ0v) is 18.5. The molecule has 7 heteroatoms. The molecule has 2 heterocycles. The van der Waals surface area contributed by atoms with Crippen LogP contribution in [-0.2, 0) is 11.3 Å². The lowest BCUT2D eigenvalue weighted by atomic mass is 9.67. The first kappa shape index (κ1) is 21.0. The number of benzene rings is 1. The summed E-state index contributed by atoms with van der Waals surface area (Å²) in [6.07, 6.45) is 3.39. The number of hydrogen-bond donors (Lipinski definition) is 1. The summed E-state index contributed by atoms with van der Waals surface area (Å²) in [4.78, 5) is 29.2.